The molecule has 1 atom stereocenters. The normalized spacial score (nSPS) is 23.8. The third kappa shape index (κ3) is 4.46. The Kier molecular flexibility index (Phi) is 5.64. The quantitative estimate of drug-likeness (QED) is 0.823. The molecule has 1 aliphatic heterocycles. The molecule has 0 aromatic rings. The second-order valence-electron chi connectivity index (χ2n) is 6.22. The smallest absolute Gasteiger partial charge is 0.222 e. The fraction of sp³-hybridized carbons (Fsp3) is 0.933. The minimum Gasteiger partial charge on any atom is -0.340 e. The molecule has 1 saturated heterocycles. The van der Waals surface area contributed by atoms with E-state index in [0.717, 1.165) is 45.1 Å². The molecule has 2 fully saturated rings. The van der Waals surface area contributed by atoms with Crippen LogP contribution < -0.4 is 5.73 Å². The van der Waals surface area contributed by atoms with Gasteiger partial charge >= 0.3 is 0 Å². The Morgan fingerprint density at radius 3 is 2.42 bits per heavy atom. The summed E-state index contributed by atoms with van der Waals surface area (Å²) >= 11 is 0. The van der Waals surface area contributed by atoms with E-state index in [2.05, 4.69) is 4.90 Å². The van der Waals surface area contributed by atoms with E-state index in [-0.39, 0.29) is 6.04 Å². The number of nitrogens with two attached hydrogens (primary N) is 1. The Morgan fingerprint density at radius 2 is 1.84 bits per heavy atom. The van der Waals surface area contributed by atoms with Crippen LogP contribution in [-0.2, 0) is 4.79 Å². The molecule has 0 aromatic heterocycles. The van der Waals surface area contributed by atoms with Gasteiger partial charge in [-0.05, 0) is 32.6 Å². The van der Waals surface area contributed by atoms with Crippen LogP contribution in [0.4, 0.5) is 0 Å². The molecule has 19 heavy (non-hydrogen) atoms. The molecule has 2 aliphatic rings. The van der Waals surface area contributed by atoms with Crippen molar-refractivity contribution < 1.29 is 4.79 Å². The number of amides is 1. The van der Waals surface area contributed by atoms with E-state index in [9.17, 15) is 4.79 Å². The van der Waals surface area contributed by atoms with Crippen molar-refractivity contribution in [3.05, 3.63) is 0 Å². The zero-order valence-electron chi connectivity index (χ0n) is 12.3. The molecule has 4 heteroatoms. The molecule has 1 heterocycles. The first kappa shape index (κ1) is 14.8. The predicted molar refractivity (Wildman–Crippen MR) is 77.9 cm³/mol. The second-order valence-corrected chi connectivity index (χ2v) is 6.22. The lowest BCUT2D eigenvalue weighted by Gasteiger charge is -2.38. The Morgan fingerprint density at radius 1 is 1.21 bits per heavy atom. The molecular formula is C15H29N3O. The summed E-state index contributed by atoms with van der Waals surface area (Å²) in [5.41, 5.74) is 5.71. The van der Waals surface area contributed by atoms with Gasteiger partial charge in [-0.3, -0.25) is 9.69 Å². The van der Waals surface area contributed by atoms with Crippen molar-refractivity contribution in [2.24, 2.45) is 5.73 Å². The number of hydrogen-bond donors (Lipinski definition) is 1. The maximum atomic E-state index is 12.1. The minimum atomic E-state index is 0.215. The zero-order chi connectivity index (χ0) is 13.7. The number of nitrogens with zero attached hydrogens (tertiary/aromatic N) is 2. The molecule has 4 nitrogen and oxygen atoms in total. The lowest BCUT2D eigenvalue weighted by molar-refractivity contribution is -0.133. The summed E-state index contributed by atoms with van der Waals surface area (Å²) in [6, 6.07) is 1.02. The second kappa shape index (κ2) is 7.25. The highest BCUT2D eigenvalue weighted by atomic mass is 16.2. The largest absolute Gasteiger partial charge is 0.340 e. The molecule has 1 unspecified atom stereocenters. The lowest BCUT2D eigenvalue weighted by Crippen LogP contribution is -2.51. The molecule has 0 aromatic carbocycles. The first-order chi connectivity index (χ1) is 9.16. The van der Waals surface area contributed by atoms with Gasteiger partial charge < -0.3 is 10.6 Å². The highest BCUT2D eigenvalue weighted by Gasteiger charge is 2.27. The Balaban J connectivity index is 1.66. The Labute approximate surface area is 117 Å². The molecule has 2 N–H and O–H groups in total. The van der Waals surface area contributed by atoms with Gasteiger partial charge in [0, 0.05) is 44.7 Å². The Bertz CT molecular complexity index is 279. The van der Waals surface area contributed by atoms with Crippen molar-refractivity contribution in [2.45, 2.75) is 64.0 Å². The third-order valence-electron chi connectivity index (χ3n) is 4.56. The van der Waals surface area contributed by atoms with Crippen molar-refractivity contribution in [3.8, 4) is 0 Å². The van der Waals surface area contributed by atoms with E-state index in [1.54, 1.807) is 0 Å². The first-order valence-electron chi connectivity index (χ1n) is 7.94. The number of rotatable bonds is 5. The van der Waals surface area contributed by atoms with Crippen LogP contribution in [0.5, 0.6) is 0 Å². The molecule has 0 radical (unpaired) electrons. The molecule has 1 aliphatic carbocycles. The van der Waals surface area contributed by atoms with E-state index in [4.69, 9.17) is 5.73 Å². The van der Waals surface area contributed by atoms with Gasteiger partial charge in [0.1, 0.15) is 0 Å². The summed E-state index contributed by atoms with van der Waals surface area (Å²) in [7, 11) is 0. The van der Waals surface area contributed by atoms with E-state index in [1.807, 2.05) is 11.8 Å². The van der Waals surface area contributed by atoms with Crippen molar-refractivity contribution in [1.82, 2.24) is 9.80 Å². The topological polar surface area (TPSA) is 49.6 Å². The highest BCUT2D eigenvalue weighted by molar-refractivity contribution is 5.76. The monoisotopic (exact) mass is 267 g/mol. The van der Waals surface area contributed by atoms with Crippen LogP contribution in [0.3, 0.4) is 0 Å². The maximum absolute atomic E-state index is 12.1. The fourth-order valence-electron chi connectivity index (χ4n) is 3.34. The van der Waals surface area contributed by atoms with Gasteiger partial charge in [-0.15, -0.1) is 0 Å². The van der Waals surface area contributed by atoms with Crippen molar-refractivity contribution in [2.75, 3.05) is 26.2 Å². The predicted octanol–water partition coefficient (Wildman–Crippen LogP) is 1.59. The molecule has 1 saturated carbocycles. The molecule has 110 valence electrons. The van der Waals surface area contributed by atoms with Gasteiger partial charge in [-0.25, -0.2) is 0 Å². The van der Waals surface area contributed by atoms with Crippen LogP contribution in [0.15, 0.2) is 0 Å². The maximum Gasteiger partial charge on any atom is 0.222 e. The number of carbonyl (C=O) groups excluding carboxylic acids is 1. The SMILES string of the molecule is CC(N)CCCC(=O)N1CCN(C2CCCC2)CC1. The fourth-order valence-corrected chi connectivity index (χ4v) is 3.34. The van der Waals surface area contributed by atoms with Crippen LogP contribution in [0, 0.1) is 0 Å². The van der Waals surface area contributed by atoms with Crippen LogP contribution in [0.2, 0.25) is 0 Å². The summed E-state index contributed by atoms with van der Waals surface area (Å²) in [5, 5.41) is 0. The summed E-state index contributed by atoms with van der Waals surface area (Å²) in [5.74, 6) is 0.326. The van der Waals surface area contributed by atoms with Crippen LogP contribution >= 0.6 is 0 Å². The summed E-state index contributed by atoms with van der Waals surface area (Å²) in [6.07, 6.45) is 8.06. The van der Waals surface area contributed by atoms with Gasteiger partial charge in [0.25, 0.3) is 0 Å². The number of hydrogen-bond acceptors (Lipinski definition) is 3. The summed E-state index contributed by atoms with van der Waals surface area (Å²) in [4.78, 5) is 16.7. The molecule has 2 rings (SSSR count). The third-order valence-corrected chi connectivity index (χ3v) is 4.56. The van der Waals surface area contributed by atoms with Gasteiger partial charge in [0.05, 0.1) is 0 Å². The summed E-state index contributed by atoms with van der Waals surface area (Å²) in [6.45, 7) is 6.00. The average molecular weight is 267 g/mol. The number of piperazine rings is 1. The number of carbonyl (C=O) groups is 1. The van der Waals surface area contributed by atoms with Crippen molar-refractivity contribution >= 4 is 5.91 Å². The van der Waals surface area contributed by atoms with E-state index >= 15 is 0 Å². The van der Waals surface area contributed by atoms with E-state index < -0.39 is 0 Å². The molecular weight excluding hydrogens is 238 g/mol. The average Bonchev–Trinajstić information content (AvgIpc) is 2.92. The van der Waals surface area contributed by atoms with Crippen LogP contribution in [0.1, 0.15) is 51.9 Å². The molecule has 0 spiro atoms. The van der Waals surface area contributed by atoms with Gasteiger partial charge in [-0.2, -0.15) is 0 Å². The molecule has 0 bridgehead atoms. The van der Waals surface area contributed by atoms with Crippen LogP contribution in [-0.4, -0.2) is 54.0 Å². The van der Waals surface area contributed by atoms with Gasteiger partial charge in [-0.1, -0.05) is 12.8 Å². The summed E-state index contributed by atoms with van der Waals surface area (Å²) < 4.78 is 0. The highest BCUT2D eigenvalue weighted by Crippen LogP contribution is 2.24. The standard InChI is InChI=1S/C15H29N3O/c1-13(16)5-4-8-15(19)18-11-9-17(10-12-18)14-6-2-3-7-14/h13-14H,2-12,16H2,1H3. The van der Waals surface area contributed by atoms with Crippen LogP contribution in [0.25, 0.3) is 0 Å². The van der Waals surface area contributed by atoms with E-state index in [0.29, 0.717) is 12.3 Å². The lowest BCUT2D eigenvalue weighted by atomic mass is 10.1. The zero-order valence-corrected chi connectivity index (χ0v) is 12.3. The Hall–Kier alpha value is -0.610. The molecule has 1 amide bonds. The van der Waals surface area contributed by atoms with Gasteiger partial charge in [0.2, 0.25) is 5.91 Å². The van der Waals surface area contributed by atoms with Crippen molar-refractivity contribution in [3.63, 3.8) is 0 Å². The van der Waals surface area contributed by atoms with Crippen molar-refractivity contribution in [1.29, 1.82) is 0 Å². The van der Waals surface area contributed by atoms with Gasteiger partial charge in [0.15, 0.2) is 0 Å². The minimum absolute atomic E-state index is 0.215. The first-order valence-corrected chi connectivity index (χ1v) is 7.94. The van der Waals surface area contributed by atoms with E-state index in [1.165, 1.54) is 25.7 Å².